The van der Waals surface area contributed by atoms with Crippen LogP contribution < -0.4 is 0 Å². The Bertz CT molecular complexity index is 98.0. The van der Waals surface area contributed by atoms with E-state index >= 15 is 0 Å². The molecule has 0 amide bonds. The van der Waals surface area contributed by atoms with Crippen LogP contribution in [0.1, 0.15) is 46.0 Å². The molecule has 1 saturated heterocycles. The fourth-order valence-electron chi connectivity index (χ4n) is 1.46. The molecule has 0 aromatic rings. The van der Waals surface area contributed by atoms with Crippen molar-refractivity contribution in [2.24, 2.45) is 5.92 Å². The molecule has 0 aliphatic carbocycles. The van der Waals surface area contributed by atoms with Crippen LogP contribution in [0, 0.1) is 12.0 Å². The Hall–Kier alpha value is 1.06. The van der Waals surface area contributed by atoms with Gasteiger partial charge in [0.2, 0.25) is 0 Å². The van der Waals surface area contributed by atoms with Crippen LogP contribution in [0.25, 0.3) is 0 Å². The molecule has 0 aromatic heterocycles. The van der Waals surface area contributed by atoms with Gasteiger partial charge in [-0.2, -0.15) is 18.9 Å². The van der Waals surface area contributed by atoms with Gasteiger partial charge in [0.05, 0.1) is 0 Å². The van der Waals surface area contributed by atoms with Gasteiger partial charge >= 0.3 is 0 Å². The van der Waals surface area contributed by atoms with Crippen molar-refractivity contribution in [2.75, 3.05) is 6.61 Å². The monoisotopic (exact) mass is 244 g/mol. The smallest absolute Gasteiger partial charge is 0.00902 e. The van der Waals surface area contributed by atoms with E-state index in [-0.39, 0.29) is 32.7 Å². The second kappa shape index (κ2) is 7.47. The van der Waals surface area contributed by atoms with Crippen LogP contribution in [0.4, 0.5) is 0 Å². The van der Waals surface area contributed by atoms with E-state index in [1.54, 1.807) is 0 Å². The van der Waals surface area contributed by atoms with Crippen molar-refractivity contribution in [1.82, 2.24) is 0 Å². The zero-order valence-corrected chi connectivity index (χ0v) is 11.1. The molecular formula is C10H19OY-. The van der Waals surface area contributed by atoms with E-state index in [1.807, 2.05) is 0 Å². The summed E-state index contributed by atoms with van der Waals surface area (Å²) < 4.78 is 5.45. The molecule has 1 heterocycles. The fourth-order valence-corrected chi connectivity index (χ4v) is 1.46. The minimum Gasteiger partial charge on any atom is -0.549 e. The van der Waals surface area contributed by atoms with Gasteiger partial charge in [0.1, 0.15) is 0 Å². The first-order valence-electron chi connectivity index (χ1n) is 4.76. The minimum atomic E-state index is 0. The van der Waals surface area contributed by atoms with Gasteiger partial charge in [-0.1, -0.05) is 33.1 Å². The van der Waals surface area contributed by atoms with Crippen LogP contribution in [0.3, 0.4) is 0 Å². The van der Waals surface area contributed by atoms with Crippen LogP contribution in [-0.4, -0.2) is 6.61 Å². The van der Waals surface area contributed by atoms with Gasteiger partial charge in [-0.05, 0) is 5.92 Å². The van der Waals surface area contributed by atoms with Crippen molar-refractivity contribution >= 4 is 0 Å². The molecule has 1 radical (unpaired) electrons. The summed E-state index contributed by atoms with van der Waals surface area (Å²) >= 11 is 0. The molecule has 1 nitrogen and oxygen atoms in total. The normalized spacial score (nSPS) is 18.2. The molecule has 1 aliphatic heterocycles. The van der Waals surface area contributed by atoms with E-state index in [0.29, 0.717) is 0 Å². The van der Waals surface area contributed by atoms with Crippen molar-refractivity contribution < 1.29 is 37.4 Å². The SMILES string of the molecule is CC(C)CCC[C-]1CCCO1.[Y]. The predicted octanol–water partition coefficient (Wildman–Crippen LogP) is 3.15. The summed E-state index contributed by atoms with van der Waals surface area (Å²) in [6.45, 7) is 5.53. The van der Waals surface area contributed by atoms with E-state index in [0.717, 1.165) is 12.5 Å². The van der Waals surface area contributed by atoms with Gasteiger partial charge in [0.25, 0.3) is 0 Å². The third kappa shape index (κ3) is 5.67. The van der Waals surface area contributed by atoms with Gasteiger partial charge in [-0.15, -0.1) is 0 Å². The zero-order valence-electron chi connectivity index (χ0n) is 8.31. The van der Waals surface area contributed by atoms with E-state index in [2.05, 4.69) is 13.8 Å². The molecule has 0 atom stereocenters. The topological polar surface area (TPSA) is 9.23 Å². The Morgan fingerprint density at radius 1 is 1.42 bits per heavy atom. The predicted molar refractivity (Wildman–Crippen MR) is 47.1 cm³/mol. The molecule has 2 heteroatoms. The van der Waals surface area contributed by atoms with Crippen LogP contribution in [0.15, 0.2) is 0 Å². The van der Waals surface area contributed by atoms with E-state index in [9.17, 15) is 0 Å². The Labute approximate surface area is 102 Å². The van der Waals surface area contributed by atoms with E-state index in [1.165, 1.54) is 38.2 Å². The van der Waals surface area contributed by atoms with Gasteiger partial charge in [0.15, 0.2) is 0 Å². The molecule has 1 aliphatic rings. The number of rotatable bonds is 4. The van der Waals surface area contributed by atoms with Crippen LogP contribution in [-0.2, 0) is 37.4 Å². The second-order valence-corrected chi connectivity index (χ2v) is 3.78. The summed E-state index contributed by atoms with van der Waals surface area (Å²) in [5, 5.41) is 0. The van der Waals surface area contributed by atoms with Crippen LogP contribution in [0.5, 0.6) is 0 Å². The molecule has 0 unspecified atom stereocenters. The molecule has 12 heavy (non-hydrogen) atoms. The number of hydrogen-bond donors (Lipinski definition) is 0. The maximum Gasteiger partial charge on any atom is 0.00902 e. The molecule has 0 spiro atoms. The largest absolute Gasteiger partial charge is 0.549 e. The standard InChI is InChI=1S/C10H19O.Y/c1-9(2)5-3-6-10-7-4-8-11-10;/h9H,3-8H2,1-2H3;/q-1;. The second-order valence-electron chi connectivity index (χ2n) is 3.78. The summed E-state index contributed by atoms with van der Waals surface area (Å²) in [4.78, 5) is 0. The van der Waals surface area contributed by atoms with Crippen LogP contribution in [0.2, 0.25) is 0 Å². The molecule has 0 saturated carbocycles. The van der Waals surface area contributed by atoms with Crippen molar-refractivity contribution in [2.45, 2.75) is 46.0 Å². The van der Waals surface area contributed by atoms with Crippen LogP contribution >= 0.6 is 0 Å². The summed E-state index contributed by atoms with van der Waals surface area (Å²) in [7, 11) is 0. The number of ether oxygens (including phenoxy) is 1. The van der Waals surface area contributed by atoms with Gasteiger partial charge < -0.3 is 4.74 Å². The summed E-state index contributed by atoms with van der Waals surface area (Å²) in [5.41, 5.74) is 0. The molecule has 69 valence electrons. The Morgan fingerprint density at radius 3 is 2.67 bits per heavy atom. The molecule has 0 aromatic carbocycles. The molecule has 1 rings (SSSR count). The minimum absolute atomic E-state index is 0. The average molecular weight is 244 g/mol. The quantitative estimate of drug-likeness (QED) is 0.690. The first-order chi connectivity index (χ1) is 5.29. The zero-order chi connectivity index (χ0) is 8.10. The summed E-state index contributed by atoms with van der Waals surface area (Å²) in [6.07, 6.45) is 7.68. The average Bonchev–Trinajstić information content (AvgIpc) is 2.39. The van der Waals surface area contributed by atoms with Crippen molar-refractivity contribution in [3.05, 3.63) is 6.10 Å². The Kier molecular flexibility index (Phi) is 8.13. The summed E-state index contributed by atoms with van der Waals surface area (Å²) in [5.74, 6) is 0.844. The van der Waals surface area contributed by atoms with Crippen molar-refractivity contribution in [1.29, 1.82) is 0 Å². The molecule has 1 fully saturated rings. The van der Waals surface area contributed by atoms with E-state index < -0.39 is 0 Å². The molecular weight excluding hydrogens is 225 g/mol. The maximum absolute atomic E-state index is 5.45. The van der Waals surface area contributed by atoms with E-state index in [4.69, 9.17) is 4.74 Å². The Morgan fingerprint density at radius 2 is 2.17 bits per heavy atom. The molecule has 0 bridgehead atoms. The van der Waals surface area contributed by atoms with Gasteiger partial charge in [0, 0.05) is 39.3 Å². The fraction of sp³-hybridized carbons (Fsp3) is 0.900. The van der Waals surface area contributed by atoms with Crippen molar-refractivity contribution in [3.63, 3.8) is 0 Å². The first kappa shape index (κ1) is 13.1. The van der Waals surface area contributed by atoms with Crippen molar-refractivity contribution in [3.8, 4) is 0 Å². The third-order valence-electron chi connectivity index (χ3n) is 2.14. The maximum atomic E-state index is 5.45. The first-order valence-corrected chi connectivity index (χ1v) is 4.76. The molecule has 0 N–H and O–H groups in total. The van der Waals surface area contributed by atoms with Gasteiger partial charge in [-0.25, -0.2) is 0 Å². The third-order valence-corrected chi connectivity index (χ3v) is 2.14. The Balaban J connectivity index is 0.00000121. The number of hydrogen-bond acceptors (Lipinski definition) is 1. The summed E-state index contributed by atoms with van der Waals surface area (Å²) in [6, 6.07) is 0. The van der Waals surface area contributed by atoms with Gasteiger partial charge in [-0.3, -0.25) is 0 Å².